The molecule has 0 aliphatic heterocycles. The molecule has 2 rings (SSSR count). The van der Waals surface area contributed by atoms with Crippen LogP contribution < -0.4 is 5.32 Å². The van der Waals surface area contributed by atoms with Crippen LogP contribution in [0.25, 0.3) is 0 Å². The number of hydrogen-bond acceptors (Lipinski definition) is 2. The molecule has 0 aliphatic carbocycles. The standard InChI is InChI=1S/C22H26ClFN2O2/c1-4-15(2)25-22(28)16(3)26(14-18-5-9-19(23)10-6-18)21(27)13-17-7-11-20(24)12-8-17/h5-12,15-16H,4,13-14H2,1-3H3,(H,25,28). The van der Waals surface area contributed by atoms with Crippen LogP contribution in [0.15, 0.2) is 48.5 Å². The zero-order valence-electron chi connectivity index (χ0n) is 16.4. The second kappa shape index (κ2) is 10.2. The van der Waals surface area contributed by atoms with Gasteiger partial charge in [0, 0.05) is 17.6 Å². The number of halogens is 2. The Bertz CT molecular complexity index is 793. The van der Waals surface area contributed by atoms with E-state index in [4.69, 9.17) is 11.6 Å². The molecule has 2 unspecified atom stereocenters. The van der Waals surface area contributed by atoms with Crippen molar-refractivity contribution in [1.29, 1.82) is 0 Å². The molecule has 0 saturated carbocycles. The molecule has 2 atom stereocenters. The van der Waals surface area contributed by atoms with Crippen LogP contribution in [-0.4, -0.2) is 28.8 Å². The summed E-state index contributed by atoms with van der Waals surface area (Å²) in [5, 5.41) is 3.53. The van der Waals surface area contributed by atoms with Gasteiger partial charge in [-0.05, 0) is 55.7 Å². The molecule has 2 aromatic rings. The molecule has 2 amide bonds. The summed E-state index contributed by atoms with van der Waals surface area (Å²) in [4.78, 5) is 27.2. The monoisotopic (exact) mass is 404 g/mol. The van der Waals surface area contributed by atoms with Crippen molar-refractivity contribution in [3.8, 4) is 0 Å². The fourth-order valence-corrected chi connectivity index (χ4v) is 2.84. The van der Waals surface area contributed by atoms with Crippen LogP contribution in [-0.2, 0) is 22.6 Å². The van der Waals surface area contributed by atoms with E-state index in [2.05, 4.69) is 5.32 Å². The number of carbonyl (C=O) groups is 2. The van der Waals surface area contributed by atoms with Crippen molar-refractivity contribution in [2.45, 2.75) is 52.2 Å². The zero-order chi connectivity index (χ0) is 20.7. The zero-order valence-corrected chi connectivity index (χ0v) is 17.2. The molecule has 0 heterocycles. The molecule has 28 heavy (non-hydrogen) atoms. The van der Waals surface area contributed by atoms with Crippen LogP contribution in [0.5, 0.6) is 0 Å². The van der Waals surface area contributed by atoms with Gasteiger partial charge in [-0.2, -0.15) is 0 Å². The Morgan fingerprint density at radius 3 is 2.18 bits per heavy atom. The number of amides is 2. The van der Waals surface area contributed by atoms with Crippen molar-refractivity contribution in [1.82, 2.24) is 10.2 Å². The number of benzene rings is 2. The van der Waals surface area contributed by atoms with Crippen molar-refractivity contribution in [3.05, 3.63) is 70.5 Å². The third-order valence-electron chi connectivity index (χ3n) is 4.70. The van der Waals surface area contributed by atoms with Gasteiger partial charge in [-0.25, -0.2) is 4.39 Å². The first-order chi connectivity index (χ1) is 13.3. The van der Waals surface area contributed by atoms with Gasteiger partial charge in [0.1, 0.15) is 11.9 Å². The lowest BCUT2D eigenvalue weighted by Gasteiger charge is -2.30. The maximum absolute atomic E-state index is 13.1. The molecular formula is C22H26ClFN2O2. The topological polar surface area (TPSA) is 49.4 Å². The molecule has 0 spiro atoms. The van der Waals surface area contributed by atoms with Gasteiger partial charge in [-0.15, -0.1) is 0 Å². The second-order valence-electron chi connectivity index (χ2n) is 6.95. The lowest BCUT2D eigenvalue weighted by atomic mass is 10.1. The Morgan fingerprint density at radius 1 is 1.04 bits per heavy atom. The van der Waals surface area contributed by atoms with Gasteiger partial charge >= 0.3 is 0 Å². The summed E-state index contributed by atoms with van der Waals surface area (Å²) >= 11 is 5.94. The Kier molecular flexibility index (Phi) is 8.00. The smallest absolute Gasteiger partial charge is 0.242 e. The van der Waals surface area contributed by atoms with E-state index in [0.717, 1.165) is 12.0 Å². The number of hydrogen-bond donors (Lipinski definition) is 1. The van der Waals surface area contributed by atoms with Gasteiger partial charge in [0.05, 0.1) is 6.42 Å². The summed E-state index contributed by atoms with van der Waals surface area (Å²) in [6.07, 6.45) is 0.897. The van der Waals surface area contributed by atoms with Crippen LogP contribution in [0.3, 0.4) is 0 Å². The van der Waals surface area contributed by atoms with Gasteiger partial charge in [0.15, 0.2) is 0 Å². The van der Waals surface area contributed by atoms with Gasteiger partial charge in [-0.3, -0.25) is 9.59 Å². The minimum Gasteiger partial charge on any atom is -0.352 e. The Hall–Kier alpha value is -2.40. The highest BCUT2D eigenvalue weighted by molar-refractivity contribution is 6.30. The van der Waals surface area contributed by atoms with Gasteiger partial charge in [-0.1, -0.05) is 42.8 Å². The number of nitrogens with one attached hydrogen (secondary N) is 1. The maximum atomic E-state index is 13.1. The molecule has 0 radical (unpaired) electrons. The van der Waals surface area contributed by atoms with E-state index in [1.165, 1.54) is 12.1 Å². The van der Waals surface area contributed by atoms with Gasteiger partial charge in [0.25, 0.3) is 0 Å². The highest BCUT2D eigenvalue weighted by Gasteiger charge is 2.26. The SMILES string of the molecule is CCC(C)NC(=O)C(C)N(Cc1ccc(Cl)cc1)C(=O)Cc1ccc(F)cc1. The first-order valence-corrected chi connectivity index (χ1v) is 9.76. The summed E-state index contributed by atoms with van der Waals surface area (Å²) in [5.74, 6) is -0.750. The van der Waals surface area contributed by atoms with Crippen LogP contribution in [0.2, 0.25) is 5.02 Å². The summed E-state index contributed by atoms with van der Waals surface area (Å²) in [6, 6.07) is 12.4. The van der Waals surface area contributed by atoms with E-state index in [1.807, 2.05) is 26.0 Å². The highest BCUT2D eigenvalue weighted by atomic mass is 35.5. The number of carbonyl (C=O) groups excluding carboxylic acids is 2. The van der Waals surface area contributed by atoms with E-state index in [1.54, 1.807) is 36.1 Å². The Balaban J connectivity index is 2.20. The molecule has 0 bridgehead atoms. The van der Waals surface area contributed by atoms with E-state index in [0.29, 0.717) is 10.6 Å². The molecule has 1 N–H and O–H groups in total. The Labute approximate surface area is 170 Å². The molecule has 0 aliphatic rings. The van der Waals surface area contributed by atoms with Crippen molar-refractivity contribution >= 4 is 23.4 Å². The highest BCUT2D eigenvalue weighted by Crippen LogP contribution is 2.15. The van der Waals surface area contributed by atoms with Crippen LogP contribution in [0.1, 0.15) is 38.3 Å². The molecule has 6 heteroatoms. The van der Waals surface area contributed by atoms with Crippen LogP contribution in [0.4, 0.5) is 4.39 Å². The second-order valence-corrected chi connectivity index (χ2v) is 7.38. The molecule has 2 aromatic carbocycles. The molecule has 0 aromatic heterocycles. The van der Waals surface area contributed by atoms with Gasteiger partial charge in [0.2, 0.25) is 11.8 Å². The third-order valence-corrected chi connectivity index (χ3v) is 4.96. The van der Waals surface area contributed by atoms with Crippen molar-refractivity contribution in [3.63, 3.8) is 0 Å². The third kappa shape index (κ3) is 6.34. The van der Waals surface area contributed by atoms with E-state index in [-0.39, 0.29) is 36.6 Å². The molecule has 4 nitrogen and oxygen atoms in total. The number of rotatable bonds is 8. The number of nitrogens with zero attached hydrogens (tertiary/aromatic N) is 1. The van der Waals surface area contributed by atoms with Crippen LogP contribution >= 0.6 is 11.6 Å². The predicted octanol–water partition coefficient (Wildman–Crippen LogP) is 4.35. The predicted molar refractivity (Wildman–Crippen MR) is 109 cm³/mol. The first kappa shape index (κ1) is 21.9. The average molecular weight is 405 g/mol. The summed E-state index contributed by atoms with van der Waals surface area (Å²) in [5.41, 5.74) is 1.57. The average Bonchev–Trinajstić information content (AvgIpc) is 2.68. The quantitative estimate of drug-likeness (QED) is 0.710. The molecular weight excluding hydrogens is 379 g/mol. The largest absolute Gasteiger partial charge is 0.352 e. The van der Waals surface area contributed by atoms with Crippen molar-refractivity contribution in [2.24, 2.45) is 0 Å². The lowest BCUT2D eigenvalue weighted by Crippen LogP contribution is -2.49. The Morgan fingerprint density at radius 2 is 1.61 bits per heavy atom. The van der Waals surface area contributed by atoms with Gasteiger partial charge < -0.3 is 10.2 Å². The summed E-state index contributed by atoms with van der Waals surface area (Å²) < 4.78 is 13.1. The normalized spacial score (nSPS) is 12.9. The first-order valence-electron chi connectivity index (χ1n) is 9.39. The minimum atomic E-state index is -0.641. The van der Waals surface area contributed by atoms with Crippen molar-refractivity contribution in [2.75, 3.05) is 0 Å². The minimum absolute atomic E-state index is 0.0273. The van der Waals surface area contributed by atoms with E-state index < -0.39 is 6.04 Å². The van der Waals surface area contributed by atoms with E-state index in [9.17, 15) is 14.0 Å². The van der Waals surface area contributed by atoms with E-state index >= 15 is 0 Å². The molecule has 0 fully saturated rings. The van der Waals surface area contributed by atoms with Crippen molar-refractivity contribution < 1.29 is 14.0 Å². The molecule has 0 saturated heterocycles. The fraction of sp³-hybridized carbons (Fsp3) is 0.364. The summed E-state index contributed by atoms with van der Waals surface area (Å²) in [6.45, 7) is 5.91. The van der Waals surface area contributed by atoms with Crippen LogP contribution in [0, 0.1) is 5.82 Å². The maximum Gasteiger partial charge on any atom is 0.242 e. The summed E-state index contributed by atoms with van der Waals surface area (Å²) in [7, 11) is 0. The fourth-order valence-electron chi connectivity index (χ4n) is 2.71. The molecule has 150 valence electrons. The lowest BCUT2D eigenvalue weighted by molar-refractivity contribution is -0.140.